The maximum absolute atomic E-state index is 13.8. The van der Waals surface area contributed by atoms with E-state index in [2.05, 4.69) is 0 Å². The van der Waals surface area contributed by atoms with Crippen LogP contribution < -0.4 is 10.2 Å². The molecule has 1 atom stereocenters. The van der Waals surface area contributed by atoms with Crippen LogP contribution in [0.4, 0.5) is 5.69 Å². The molecule has 3 rings (SSSR count). The van der Waals surface area contributed by atoms with E-state index in [-0.39, 0.29) is 12.3 Å². The molecule has 1 N–H and O–H groups in total. The van der Waals surface area contributed by atoms with E-state index in [9.17, 15) is 18.0 Å². The van der Waals surface area contributed by atoms with Crippen molar-refractivity contribution in [3.8, 4) is 6.19 Å². The molecule has 1 heterocycles. The molecule has 8 heteroatoms. The summed E-state index contributed by atoms with van der Waals surface area (Å²) in [4.78, 5) is 28.2. The van der Waals surface area contributed by atoms with Crippen LogP contribution >= 0.6 is 0 Å². The Hall–Kier alpha value is -2.40. The first kappa shape index (κ1) is 21.3. The molecule has 2 amide bonds. The van der Waals surface area contributed by atoms with Crippen LogP contribution in [0, 0.1) is 17.4 Å². The Labute approximate surface area is 172 Å². The van der Waals surface area contributed by atoms with Crippen LogP contribution in [0.3, 0.4) is 0 Å². The zero-order valence-electron chi connectivity index (χ0n) is 16.7. The van der Waals surface area contributed by atoms with Gasteiger partial charge in [0.2, 0.25) is 4.75 Å². The minimum Gasteiger partial charge on any atom is -0.310 e. The summed E-state index contributed by atoms with van der Waals surface area (Å²) in [5.74, 6) is -1.83. The topological polar surface area (TPSA) is 107 Å². The standard InChI is InChI=1S/C21H27N3O4S/c1-29(27,28)21(19(25)23-15-22,14-16-8-3-2-4-9-16)20(26)24-13-7-11-17-10-5-6-12-18(17)24/h5-6,10,12,16H,2-4,7-9,11,13-14H2,1H3,(H,23,25). The van der Waals surface area contributed by atoms with Gasteiger partial charge >= 0.3 is 0 Å². The second-order valence-electron chi connectivity index (χ2n) is 8.06. The minimum atomic E-state index is -4.15. The Morgan fingerprint density at radius 1 is 1.21 bits per heavy atom. The van der Waals surface area contributed by atoms with Crippen molar-refractivity contribution in [2.45, 2.75) is 56.1 Å². The van der Waals surface area contributed by atoms with Crippen LogP contribution in [-0.2, 0) is 25.8 Å². The fourth-order valence-electron chi connectivity index (χ4n) is 4.67. The zero-order chi connectivity index (χ0) is 21.1. The SMILES string of the molecule is CS(=O)(=O)C(CC1CCCCC1)(C(=O)NC#N)C(=O)N1CCCc2ccccc21. The summed E-state index contributed by atoms with van der Waals surface area (Å²) in [5.41, 5.74) is 1.60. The molecule has 1 aromatic carbocycles. The molecule has 2 aliphatic rings. The van der Waals surface area contributed by atoms with E-state index in [1.165, 1.54) is 11.1 Å². The lowest BCUT2D eigenvalue weighted by Gasteiger charge is -2.39. The minimum absolute atomic E-state index is 0.0492. The number of fused-ring (bicyclic) bond motifs is 1. The lowest BCUT2D eigenvalue weighted by molar-refractivity contribution is -0.132. The fraction of sp³-hybridized carbons (Fsp3) is 0.571. The quantitative estimate of drug-likeness (QED) is 0.449. The normalized spacial score (nSPS) is 19.5. The molecule has 1 aliphatic carbocycles. The summed E-state index contributed by atoms with van der Waals surface area (Å²) in [6.45, 7) is 0.345. The Kier molecular flexibility index (Phi) is 6.27. The predicted molar refractivity (Wildman–Crippen MR) is 110 cm³/mol. The second-order valence-corrected chi connectivity index (χ2v) is 10.3. The van der Waals surface area contributed by atoms with Crippen molar-refractivity contribution < 1.29 is 18.0 Å². The van der Waals surface area contributed by atoms with Gasteiger partial charge in [-0.25, -0.2) is 8.42 Å². The Balaban J connectivity index is 2.10. The van der Waals surface area contributed by atoms with Gasteiger partial charge in [0.1, 0.15) is 0 Å². The number of para-hydroxylation sites is 1. The van der Waals surface area contributed by atoms with Crippen LogP contribution in [0.1, 0.15) is 50.5 Å². The summed E-state index contributed by atoms with van der Waals surface area (Å²) in [6, 6.07) is 7.36. The second kappa shape index (κ2) is 8.54. The monoisotopic (exact) mass is 417 g/mol. The van der Waals surface area contributed by atoms with Gasteiger partial charge in [0.05, 0.1) is 0 Å². The molecule has 0 aromatic heterocycles. The van der Waals surface area contributed by atoms with Gasteiger partial charge < -0.3 is 4.90 Å². The molecule has 0 saturated heterocycles. The van der Waals surface area contributed by atoms with Gasteiger partial charge in [-0.05, 0) is 36.8 Å². The van der Waals surface area contributed by atoms with Crippen molar-refractivity contribution in [2.75, 3.05) is 17.7 Å². The van der Waals surface area contributed by atoms with Crippen molar-refractivity contribution >= 4 is 27.3 Å². The number of benzene rings is 1. The number of nitrogens with zero attached hydrogens (tertiary/aromatic N) is 2. The number of hydrogen-bond acceptors (Lipinski definition) is 5. The van der Waals surface area contributed by atoms with Gasteiger partial charge in [-0.1, -0.05) is 50.3 Å². The maximum Gasteiger partial charge on any atom is 0.264 e. The molecule has 0 bridgehead atoms. The number of rotatable bonds is 5. The average molecular weight is 418 g/mol. The molecule has 7 nitrogen and oxygen atoms in total. The van der Waals surface area contributed by atoms with Crippen molar-refractivity contribution in [3.63, 3.8) is 0 Å². The lowest BCUT2D eigenvalue weighted by Crippen LogP contribution is -2.63. The zero-order valence-corrected chi connectivity index (χ0v) is 17.5. The first-order valence-electron chi connectivity index (χ1n) is 10.1. The highest BCUT2D eigenvalue weighted by Gasteiger charge is 2.58. The first-order chi connectivity index (χ1) is 13.8. The third-order valence-corrected chi connectivity index (χ3v) is 7.96. The van der Waals surface area contributed by atoms with Crippen molar-refractivity contribution in [3.05, 3.63) is 29.8 Å². The summed E-state index contributed by atoms with van der Waals surface area (Å²) < 4.78 is 23.7. The number of sulfone groups is 1. The van der Waals surface area contributed by atoms with Crippen LogP contribution in [-0.4, -0.2) is 37.8 Å². The molecule has 0 spiro atoms. The van der Waals surface area contributed by atoms with Crippen molar-refractivity contribution in [2.24, 2.45) is 5.92 Å². The highest BCUT2D eigenvalue weighted by molar-refractivity contribution is 7.93. The summed E-state index contributed by atoms with van der Waals surface area (Å²) in [5, 5.41) is 11.0. The largest absolute Gasteiger partial charge is 0.310 e. The third kappa shape index (κ3) is 4.01. The molecule has 29 heavy (non-hydrogen) atoms. The highest BCUT2D eigenvalue weighted by Crippen LogP contribution is 2.38. The number of amides is 2. The lowest BCUT2D eigenvalue weighted by atomic mass is 9.81. The van der Waals surface area contributed by atoms with Gasteiger partial charge in [-0.15, -0.1) is 0 Å². The summed E-state index contributed by atoms with van der Waals surface area (Å²) in [6.07, 6.45) is 8.37. The molecular weight excluding hydrogens is 390 g/mol. The smallest absolute Gasteiger partial charge is 0.264 e. The maximum atomic E-state index is 13.8. The van der Waals surface area contributed by atoms with E-state index in [0.717, 1.165) is 50.3 Å². The number of hydrogen-bond donors (Lipinski definition) is 1. The predicted octanol–water partition coefficient (Wildman–Crippen LogP) is 2.32. The molecular formula is C21H27N3O4S. The van der Waals surface area contributed by atoms with E-state index < -0.39 is 26.4 Å². The Morgan fingerprint density at radius 3 is 2.55 bits per heavy atom. The summed E-state index contributed by atoms with van der Waals surface area (Å²) in [7, 11) is -4.15. The summed E-state index contributed by atoms with van der Waals surface area (Å²) >= 11 is 0. The number of anilines is 1. The van der Waals surface area contributed by atoms with Crippen LogP contribution in [0.15, 0.2) is 24.3 Å². The van der Waals surface area contributed by atoms with Crippen LogP contribution in [0.25, 0.3) is 0 Å². The van der Waals surface area contributed by atoms with Gasteiger partial charge in [0.15, 0.2) is 16.0 Å². The molecule has 1 unspecified atom stereocenters. The molecule has 1 saturated carbocycles. The Bertz CT molecular complexity index is 931. The van der Waals surface area contributed by atoms with E-state index in [4.69, 9.17) is 5.26 Å². The van der Waals surface area contributed by atoms with Crippen molar-refractivity contribution in [1.82, 2.24) is 5.32 Å². The highest BCUT2D eigenvalue weighted by atomic mass is 32.2. The average Bonchev–Trinajstić information content (AvgIpc) is 2.71. The van der Waals surface area contributed by atoms with E-state index in [1.54, 1.807) is 12.1 Å². The van der Waals surface area contributed by atoms with E-state index in [1.807, 2.05) is 17.4 Å². The molecule has 1 aliphatic heterocycles. The van der Waals surface area contributed by atoms with Crippen LogP contribution in [0.5, 0.6) is 0 Å². The number of nitrogens with one attached hydrogen (secondary N) is 1. The fourth-order valence-corrected chi connectivity index (χ4v) is 6.02. The third-order valence-electron chi connectivity index (χ3n) is 6.17. The molecule has 0 radical (unpaired) electrons. The van der Waals surface area contributed by atoms with Gasteiger partial charge in [-0.2, -0.15) is 5.26 Å². The molecule has 1 fully saturated rings. The van der Waals surface area contributed by atoms with Gasteiger partial charge in [-0.3, -0.25) is 14.9 Å². The van der Waals surface area contributed by atoms with E-state index in [0.29, 0.717) is 18.7 Å². The van der Waals surface area contributed by atoms with Crippen molar-refractivity contribution in [1.29, 1.82) is 5.26 Å². The number of carbonyl (C=O) groups is 2. The number of nitriles is 1. The van der Waals surface area contributed by atoms with Crippen LogP contribution in [0.2, 0.25) is 0 Å². The van der Waals surface area contributed by atoms with Gasteiger partial charge in [0, 0.05) is 18.5 Å². The number of carbonyl (C=O) groups excluding carboxylic acids is 2. The molecule has 1 aromatic rings. The van der Waals surface area contributed by atoms with E-state index >= 15 is 0 Å². The first-order valence-corrected chi connectivity index (χ1v) is 12.0. The molecule has 156 valence electrons. The number of aryl methyl sites for hydroxylation is 1. The van der Waals surface area contributed by atoms with Gasteiger partial charge in [0.25, 0.3) is 11.8 Å². The Morgan fingerprint density at radius 2 is 1.90 bits per heavy atom.